The third-order valence-electron chi connectivity index (χ3n) is 3.64. The van der Waals surface area contributed by atoms with Crippen LogP contribution in [-0.4, -0.2) is 15.6 Å². The zero-order valence-electron chi connectivity index (χ0n) is 12.1. The van der Waals surface area contributed by atoms with Crippen molar-refractivity contribution in [3.8, 4) is 0 Å². The van der Waals surface area contributed by atoms with Crippen LogP contribution >= 0.6 is 27.3 Å². The topological polar surface area (TPSA) is 43.8 Å². The van der Waals surface area contributed by atoms with Gasteiger partial charge in [0.1, 0.15) is 5.82 Å². The number of para-hydroxylation sites is 2. The number of benzene rings is 1. The number of rotatable bonds is 4. The fraction of sp³-hybridized carbons (Fsp3) is 0.312. The average molecular weight is 364 g/mol. The van der Waals surface area contributed by atoms with Crippen LogP contribution in [0.25, 0.3) is 11.0 Å². The molecule has 0 aliphatic rings. The van der Waals surface area contributed by atoms with Crippen LogP contribution in [-0.2, 0) is 6.42 Å². The van der Waals surface area contributed by atoms with Crippen molar-refractivity contribution >= 4 is 38.3 Å². The minimum atomic E-state index is 0.0125. The maximum atomic E-state index is 6.33. The van der Waals surface area contributed by atoms with Crippen LogP contribution in [0.1, 0.15) is 30.6 Å². The summed E-state index contributed by atoms with van der Waals surface area (Å²) in [5.41, 5.74) is 8.52. The molecule has 0 radical (unpaired) electrons. The van der Waals surface area contributed by atoms with E-state index in [9.17, 15) is 0 Å². The summed E-state index contributed by atoms with van der Waals surface area (Å²) in [6, 6.07) is 10.6. The van der Waals surface area contributed by atoms with E-state index < -0.39 is 0 Å². The summed E-state index contributed by atoms with van der Waals surface area (Å²) in [7, 11) is 0. The first-order chi connectivity index (χ1) is 10.1. The fourth-order valence-corrected chi connectivity index (χ4v) is 4.41. The van der Waals surface area contributed by atoms with Crippen molar-refractivity contribution in [1.82, 2.24) is 9.55 Å². The highest BCUT2D eigenvalue weighted by atomic mass is 79.9. The maximum absolute atomic E-state index is 6.33. The second-order valence-electron chi connectivity index (χ2n) is 5.21. The van der Waals surface area contributed by atoms with E-state index in [-0.39, 0.29) is 12.1 Å². The lowest BCUT2D eigenvalue weighted by Crippen LogP contribution is -2.30. The van der Waals surface area contributed by atoms with Gasteiger partial charge in [-0.3, -0.25) is 0 Å². The molecule has 0 aliphatic carbocycles. The molecule has 2 unspecified atom stereocenters. The molecule has 1 aromatic carbocycles. The number of halogens is 1. The summed E-state index contributed by atoms with van der Waals surface area (Å²) in [5, 5.41) is 2.11. The van der Waals surface area contributed by atoms with Gasteiger partial charge in [0.25, 0.3) is 0 Å². The molecular weight excluding hydrogens is 346 g/mol. The van der Waals surface area contributed by atoms with Crippen molar-refractivity contribution in [3.05, 3.63) is 50.9 Å². The molecule has 0 amide bonds. The van der Waals surface area contributed by atoms with Gasteiger partial charge in [0.05, 0.1) is 17.1 Å². The molecular formula is C16H18BrN3S. The lowest BCUT2D eigenvalue weighted by Gasteiger charge is -2.24. The predicted molar refractivity (Wildman–Crippen MR) is 92.9 cm³/mol. The minimum absolute atomic E-state index is 0.0125. The quantitative estimate of drug-likeness (QED) is 0.748. The Kier molecular flexibility index (Phi) is 4.15. The Morgan fingerprint density at radius 1 is 1.38 bits per heavy atom. The zero-order valence-corrected chi connectivity index (χ0v) is 14.5. The van der Waals surface area contributed by atoms with Crippen LogP contribution in [0.5, 0.6) is 0 Å². The number of hydrogen-bond donors (Lipinski definition) is 1. The number of nitrogens with two attached hydrogens (primary N) is 1. The van der Waals surface area contributed by atoms with Crippen molar-refractivity contribution in [3.63, 3.8) is 0 Å². The van der Waals surface area contributed by atoms with Crippen LogP contribution in [0.3, 0.4) is 0 Å². The van der Waals surface area contributed by atoms with E-state index in [1.807, 2.05) is 6.07 Å². The first kappa shape index (κ1) is 14.8. The van der Waals surface area contributed by atoms with Crippen molar-refractivity contribution in [2.75, 3.05) is 0 Å². The summed E-state index contributed by atoms with van der Waals surface area (Å²) < 4.78 is 3.41. The molecule has 3 aromatic rings. The summed E-state index contributed by atoms with van der Waals surface area (Å²) in [6.07, 6.45) is 0.893. The van der Waals surface area contributed by atoms with Crippen LogP contribution < -0.4 is 5.73 Å². The summed E-state index contributed by atoms with van der Waals surface area (Å²) >= 11 is 5.28. The molecule has 0 saturated carbocycles. The van der Waals surface area contributed by atoms with Gasteiger partial charge in [-0.15, -0.1) is 11.3 Å². The molecule has 5 heteroatoms. The predicted octanol–water partition coefficient (Wildman–Crippen LogP) is 4.36. The maximum Gasteiger partial charge on any atom is 0.110 e. The molecule has 3 nitrogen and oxygen atoms in total. The van der Waals surface area contributed by atoms with Crippen LogP contribution in [0.15, 0.2) is 40.2 Å². The fourth-order valence-electron chi connectivity index (χ4n) is 2.76. The SMILES string of the molecule is CCc1nc2ccccc2n1C(c1cc(Br)cs1)C(C)N. The number of imidazole rings is 1. The average Bonchev–Trinajstić information content (AvgIpc) is 3.04. The molecule has 2 heterocycles. The highest BCUT2D eigenvalue weighted by Gasteiger charge is 2.24. The molecule has 0 fully saturated rings. The molecule has 2 N–H and O–H groups in total. The van der Waals surface area contributed by atoms with Gasteiger partial charge in [-0.2, -0.15) is 0 Å². The Balaban J connectivity index is 2.24. The van der Waals surface area contributed by atoms with E-state index >= 15 is 0 Å². The second-order valence-corrected chi connectivity index (χ2v) is 7.07. The molecule has 21 heavy (non-hydrogen) atoms. The lowest BCUT2D eigenvalue weighted by molar-refractivity contribution is 0.499. The van der Waals surface area contributed by atoms with Gasteiger partial charge in [0.2, 0.25) is 0 Å². The molecule has 110 valence electrons. The largest absolute Gasteiger partial charge is 0.326 e. The number of nitrogens with zero attached hydrogens (tertiary/aromatic N) is 2. The van der Waals surface area contributed by atoms with E-state index in [1.54, 1.807) is 11.3 Å². The van der Waals surface area contributed by atoms with Crippen LogP contribution in [0, 0.1) is 0 Å². The highest BCUT2D eigenvalue weighted by Crippen LogP contribution is 2.33. The van der Waals surface area contributed by atoms with E-state index in [4.69, 9.17) is 10.7 Å². The Morgan fingerprint density at radius 3 is 2.76 bits per heavy atom. The standard InChI is InChI=1S/C16H18BrN3S/c1-3-15-19-12-6-4-5-7-13(12)20(15)16(10(2)18)14-8-11(17)9-21-14/h4-10,16H,3,18H2,1-2H3. The van der Waals surface area contributed by atoms with Gasteiger partial charge < -0.3 is 10.3 Å². The van der Waals surface area contributed by atoms with E-state index in [0.717, 1.165) is 27.8 Å². The van der Waals surface area contributed by atoms with Crippen LogP contribution in [0.2, 0.25) is 0 Å². The first-order valence-corrected chi connectivity index (χ1v) is 8.74. The van der Waals surface area contributed by atoms with Gasteiger partial charge in [-0.25, -0.2) is 4.98 Å². The number of hydrogen-bond acceptors (Lipinski definition) is 3. The van der Waals surface area contributed by atoms with E-state index in [2.05, 4.69) is 64.0 Å². The van der Waals surface area contributed by atoms with Crippen molar-refractivity contribution in [2.45, 2.75) is 32.4 Å². The second kappa shape index (κ2) is 5.91. The van der Waals surface area contributed by atoms with Gasteiger partial charge in [-0.1, -0.05) is 19.1 Å². The minimum Gasteiger partial charge on any atom is -0.326 e. The zero-order chi connectivity index (χ0) is 15.0. The van der Waals surface area contributed by atoms with E-state index in [1.165, 1.54) is 4.88 Å². The van der Waals surface area contributed by atoms with Gasteiger partial charge in [0, 0.05) is 27.2 Å². The molecule has 0 aliphatic heterocycles. The molecule has 0 spiro atoms. The van der Waals surface area contributed by atoms with E-state index in [0.29, 0.717) is 0 Å². The smallest absolute Gasteiger partial charge is 0.110 e. The molecule has 2 atom stereocenters. The number of fused-ring (bicyclic) bond motifs is 1. The number of thiophene rings is 1. The number of aromatic nitrogens is 2. The van der Waals surface area contributed by atoms with Crippen molar-refractivity contribution in [1.29, 1.82) is 0 Å². The normalized spacial score (nSPS) is 14.5. The van der Waals surface area contributed by atoms with Gasteiger partial charge in [0.15, 0.2) is 0 Å². The number of aryl methyl sites for hydroxylation is 1. The third kappa shape index (κ3) is 2.65. The summed E-state index contributed by atoms with van der Waals surface area (Å²) in [5.74, 6) is 1.09. The molecule has 0 saturated heterocycles. The molecule has 2 aromatic heterocycles. The summed E-state index contributed by atoms with van der Waals surface area (Å²) in [6.45, 7) is 4.20. The third-order valence-corrected chi connectivity index (χ3v) is 5.40. The summed E-state index contributed by atoms with van der Waals surface area (Å²) in [4.78, 5) is 6.03. The molecule has 3 rings (SSSR count). The first-order valence-electron chi connectivity index (χ1n) is 7.07. The highest BCUT2D eigenvalue weighted by molar-refractivity contribution is 9.10. The Bertz CT molecular complexity index is 760. The Labute approximate surface area is 136 Å². The molecule has 0 bridgehead atoms. The van der Waals surface area contributed by atoms with Crippen molar-refractivity contribution in [2.24, 2.45) is 5.73 Å². The Morgan fingerprint density at radius 2 is 2.14 bits per heavy atom. The van der Waals surface area contributed by atoms with Gasteiger partial charge >= 0.3 is 0 Å². The lowest BCUT2D eigenvalue weighted by atomic mass is 10.1. The Hall–Kier alpha value is -1.17. The monoisotopic (exact) mass is 363 g/mol. The van der Waals surface area contributed by atoms with Crippen LogP contribution in [0.4, 0.5) is 0 Å². The van der Waals surface area contributed by atoms with Crippen molar-refractivity contribution < 1.29 is 0 Å². The van der Waals surface area contributed by atoms with Gasteiger partial charge in [-0.05, 0) is 41.1 Å².